The lowest BCUT2D eigenvalue weighted by Gasteiger charge is -2.21. The smallest absolute Gasteiger partial charge is 0.128 e. The maximum absolute atomic E-state index is 13.7. The van der Waals surface area contributed by atoms with Crippen LogP contribution in [0.3, 0.4) is 0 Å². The molecule has 1 heterocycles. The maximum Gasteiger partial charge on any atom is 0.128 e. The van der Waals surface area contributed by atoms with Crippen molar-refractivity contribution < 1.29 is 4.39 Å². The number of hydrogen-bond donors (Lipinski definition) is 1. The van der Waals surface area contributed by atoms with E-state index < -0.39 is 6.04 Å². The van der Waals surface area contributed by atoms with Gasteiger partial charge in [0.2, 0.25) is 0 Å². The Hall–Kier alpha value is -1.45. The molecular formula is C14H14ClFN2. The molecule has 0 fully saturated rings. The van der Waals surface area contributed by atoms with Gasteiger partial charge in [0.05, 0.1) is 0 Å². The highest BCUT2D eigenvalue weighted by Crippen LogP contribution is 2.30. The van der Waals surface area contributed by atoms with Crippen LogP contribution in [0.4, 0.5) is 4.39 Å². The lowest BCUT2D eigenvalue weighted by atomic mass is 9.89. The Morgan fingerprint density at radius 1 is 1.22 bits per heavy atom. The molecule has 2 nitrogen and oxygen atoms in total. The zero-order valence-electron chi connectivity index (χ0n) is 9.98. The average molecular weight is 265 g/mol. The van der Waals surface area contributed by atoms with E-state index in [9.17, 15) is 4.39 Å². The molecule has 4 heteroatoms. The fraction of sp³-hybridized carbons (Fsp3) is 0.214. The number of pyridine rings is 1. The lowest BCUT2D eigenvalue weighted by Crippen LogP contribution is -2.19. The number of hydrogen-bond acceptors (Lipinski definition) is 2. The summed E-state index contributed by atoms with van der Waals surface area (Å²) in [7, 11) is 0. The summed E-state index contributed by atoms with van der Waals surface area (Å²) in [5.41, 5.74) is 7.58. The first kappa shape index (κ1) is 13.0. The summed E-state index contributed by atoms with van der Waals surface area (Å²) < 4.78 is 13.7. The molecule has 0 aliphatic heterocycles. The summed E-state index contributed by atoms with van der Waals surface area (Å²) in [6.45, 7) is 1.96. The van der Waals surface area contributed by atoms with Crippen LogP contribution in [0.15, 0.2) is 42.7 Å². The highest BCUT2D eigenvalue weighted by Gasteiger charge is 2.20. The van der Waals surface area contributed by atoms with Gasteiger partial charge in [-0.1, -0.05) is 18.5 Å². The average Bonchev–Trinajstić information content (AvgIpc) is 2.41. The van der Waals surface area contributed by atoms with Crippen molar-refractivity contribution in [3.05, 3.63) is 64.7 Å². The topological polar surface area (TPSA) is 38.9 Å². The van der Waals surface area contributed by atoms with Gasteiger partial charge in [-0.05, 0) is 35.9 Å². The van der Waals surface area contributed by atoms with Crippen molar-refractivity contribution in [3.8, 4) is 0 Å². The van der Waals surface area contributed by atoms with E-state index in [-0.39, 0.29) is 11.7 Å². The van der Waals surface area contributed by atoms with Crippen molar-refractivity contribution in [1.82, 2.24) is 4.98 Å². The molecule has 0 spiro atoms. The molecule has 2 atom stereocenters. The van der Waals surface area contributed by atoms with Crippen molar-refractivity contribution in [2.75, 3.05) is 0 Å². The molecule has 18 heavy (non-hydrogen) atoms. The second kappa shape index (κ2) is 5.46. The summed E-state index contributed by atoms with van der Waals surface area (Å²) in [6, 6.07) is 7.77. The van der Waals surface area contributed by atoms with Crippen LogP contribution in [0.1, 0.15) is 30.0 Å². The van der Waals surface area contributed by atoms with Gasteiger partial charge in [0.1, 0.15) is 5.82 Å². The monoisotopic (exact) mass is 264 g/mol. The molecule has 2 rings (SSSR count). The van der Waals surface area contributed by atoms with Gasteiger partial charge in [0.25, 0.3) is 0 Å². The van der Waals surface area contributed by atoms with E-state index in [1.54, 1.807) is 18.5 Å². The minimum Gasteiger partial charge on any atom is -0.323 e. The molecule has 2 N–H and O–H groups in total. The van der Waals surface area contributed by atoms with Gasteiger partial charge in [-0.3, -0.25) is 4.98 Å². The van der Waals surface area contributed by atoms with Crippen molar-refractivity contribution in [2.45, 2.75) is 18.9 Å². The molecule has 0 saturated carbocycles. The zero-order valence-corrected chi connectivity index (χ0v) is 10.7. The van der Waals surface area contributed by atoms with Gasteiger partial charge in [-0.2, -0.15) is 0 Å². The van der Waals surface area contributed by atoms with Crippen LogP contribution in [0.2, 0.25) is 5.02 Å². The Balaban J connectivity index is 2.31. The van der Waals surface area contributed by atoms with Crippen LogP contribution in [0.25, 0.3) is 0 Å². The minimum atomic E-state index is -0.439. The second-order valence-corrected chi connectivity index (χ2v) is 4.70. The summed E-state index contributed by atoms with van der Waals surface area (Å²) in [4.78, 5) is 3.96. The molecule has 1 aromatic carbocycles. The SMILES string of the molecule is CC(c1ccncc1)C(N)c1cc(Cl)ccc1F. The molecule has 2 aromatic rings. The molecule has 0 bridgehead atoms. The first-order chi connectivity index (χ1) is 8.59. The van der Waals surface area contributed by atoms with E-state index >= 15 is 0 Å². The predicted octanol–water partition coefficient (Wildman–Crippen LogP) is 3.68. The lowest BCUT2D eigenvalue weighted by molar-refractivity contribution is 0.539. The molecule has 0 aliphatic rings. The van der Waals surface area contributed by atoms with Crippen molar-refractivity contribution >= 4 is 11.6 Å². The van der Waals surface area contributed by atoms with E-state index in [0.29, 0.717) is 10.6 Å². The summed E-state index contributed by atoms with van der Waals surface area (Å²) >= 11 is 5.88. The predicted molar refractivity (Wildman–Crippen MR) is 71.0 cm³/mol. The highest BCUT2D eigenvalue weighted by atomic mass is 35.5. The number of benzene rings is 1. The summed E-state index contributed by atoms with van der Waals surface area (Å²) in [5.74, 6) is -0.339. The van der Waals surface area contributed by atoms with Gasteiger partial charge in [0.15, 0.2) is 0 Å². The first-order valence-electron chi connectivity index (χ1n) is 5.70. The Morgan fingerprint density at radius 3 is 2.56 bits per heavy atom. The minimum absolute atomic E-state index is 0.0130. The normalized spacial score (nSPS) is 14.2. The third-order valence-corrected chi connectivity index (χ3v) is 3.32. The number of aromatic nitrogens is 1. The van der Waals surface area contributed by atoms with Crippen LogP contribution in [0.5, 0.6) is 0 Å². The Labute approximate surface area is 111 Å². The standard InChI is InChI=1S/C14H14ClFN2/c1-9(10-4-6-18-7-5-10)14(17)12-8-11(15)2-3-13(12)16/h2-9,14H,17H2,1H3. The van der Waals surface area contributed by atoms with Crippen LogP contribution < -0.4 is 5.73 Å². The number of nitrogens with zero attached hydrogens (tertiary/aromatic N) is 1. The molecule has 2 unspecified atom stereocenters. The largest absolute Gasteiger partial charge is 0.323 e. The quantitative estimate of drug-likeness (QED) is 0.919. The highest BCUT2D eigenvalue weighted by molar-refractivity contribution is 6.30. The molecule has 0 aliphatic carbocycles. The molecule has 0 radical (unpaired) electrons. The first-order valence-corrected chi connectivity index (χ1v) is 6.08. The fourth-order valence-corrected chi connectivity index (χ4v) is 2.09. The van der Waals surface area contributed by atoms with Gasteiger partial charge in [-0.25, -0.2) is 4.39 Å². The van der Waals surface area contributed by atoms with E-state index in [1.165, 1.54) is 12.1 Å². The molecule has 94 valence electrons. The van der Waals surface area contributed by atoms with E-state index in [4.69, 9.17) is 17.3 Å². The fourth-order valence-electron chi connectivity index (χ4n) is 1.91. The van der Waals surface area contributed by atoms with Crippen molar-refractivity contribution in [3.63, 3.8) is 0 Å². The van der Waals surface area contributed by atoms with Crippen molar-refractivity contribution in [2.24, 2.45) is 5.73 Å². The molecule has 1 aromatic heterocycles. The molecule has 0 saturated heterocycles. The number of rotatable bonds is 3. The van der Waals surface area contributed by atoms with Crippen LogP contribution in [-0.2, 0) is 0 Å². The summed E-state index contributed by atoms with van der Waals surface area (Å²) in [6.07, 6.45) is 3.40. The van der Waals surface area contributed by atoms with Crippen LogP contribution >= 0.6 is 11.6 Å². The third-order valence-electron chi connectivity index (χ3n) is 3.09. The Kier molecular flexibility index (Phi) is 3.94. The Morgan fingerprint density at radius 2 is 1.89 bits per heavy atom. The van der Waals surface area contributed by atoms with Gasteiger partial charge >= 0.3 is 0 Å². The third kappa shape index (κ3) is 2.68. The van der Waals surface area contributed by atoms with Crippen LogP contribution in [0, 0.1) is 5.82 Å². The van der Waals surface area contributed by atoms with Gasteiger partial charge in [-0.15, -0.1) is 0 Å². The summed E-state index contributed by atoms with van der Waals surface area (Å²) in [5, 5.41) is 0.490. The molecule has 0 amide bonds. The van der Waals surface area contributed by atoms with Crippen molar-refractivity contribution in [1.29, 1.82) is 0 Å². The molecular weight excluding hydrogens is 251 g/mol. The van der Waals surface area contributed by atoms with E-state index in [2.05, 4.69) is 4.98 Å². The number of halogens is 2. The number of nitrogens with two attached hydrogens (primary N) is 1. The van der Waals surface area contributed by atoms with Crippen LogP contribution in [-0.4, -0.2) is 4.98 Å². The zero-order chi connectivity index (χ0) is 13.1. The van der Waals surface area contributed by atoms with Gasteiger partial charge < -0.3 is 5.73 Å². The van der Waals surface area contributed by atoms with Gasteiger partial charge in [0, 0.05) is 34.9 Å². The van der Waals surface area contributed by atoms with E-state index in [0.717, 1.165) is 5.56 Å². The second-order valence-electron chi connectivity index (χ2n) is 4.26. The Bertz CT molecular complexity index is 531. The maximum atomic E-state index is 13.7. The van der Waals surface area contributed by atoms with E-state index in [1.807, 2.05) is 19.1 Å².